The number of rotatable bonds is 4. The van der Waals surface area contributed by atoms with Gasteiger partial charge in [-0.05, 0) is 22.2 Å². The van der Waals surface area contributed by atoms with Gasteiger partial charge in [0.05, 0.1) is 6.54 Å². The second kappa shape index (κ2) is 6.06. The second-order valence-electron chi connectivity index (χ2n) is 2.71. The molecular weight excluding hydrogens is 310 g/mol. The molecule has 0 saturated carbocycles. The van der Waals surface area contributed by atoms with E-state index >= 15 is 0 Å². The molecule has 0 spiro atoms. The van der Waals surface area contributed by atoms with Crippen molar-refractivity contribution in [3.05, 3.63) is 45.3 Å². The van der Waals surface area contributed by atoms with Gasteiger partial charge in [0.25, 0.3) is 0 Å². The van der Waals surface area contributed by atoms with Gasteiger partial charge in [-0.3, -0.25) is 0 Å². The van der Waals surface area contributed by atoms with E-state index in [9.17, 15) is 0 Å². The topological polar surface area (TPSA) is 48.8 Å². The first-order valence-corrected chi connectivity index (χ1v) is 6.30. The van der Waals surface area contributed by atoms with Gasteiger partial charge in [-0.15, -0.1) is 0 Å². The molecule has 0 unspecified atom stereocenters. The third-order valence-electron chi connectivity index (χ3n) is 1.95. The molecule has 0 bridgehead atoms. The molecule has 74 valence electrons. The Morgan fingerprint density at radius 3 is 2.21 bits per heavy atom. The molecule has 0 aliphatic heterocycles. The van der Waals surface area contributed by atoms with E-state index in [1.807, 2.05) is 18.2 Å². The molecule has 0 amide bonds. The summed E-state index contributed by atoms with van der Waals surface area (Å²) in [5.41, 5.74) is 11.8. The largest absolute Gasteiger partial charge is 0.0893 e. The van der Waals surface area contributed by atoms with Gasteiger partial charge in [0.15, 0.2) is 0 Å². The fourth-order valence-corrected chi connectivity index (χ4v) is 2.29. The SMILES string of the molecule is [N-]=[N+]=NCc1c(CBr)cccc1CBr. The maximum absolute atomic E-state index is 8.29. The van der Waals surface area contributed by atoms with E-state index < -0.39 is 0 Å². The Hall–Kier alpha value is -0.510. The minimum Gasteiger partial charge on any atom is -0.0893 e. The Kier molecular flexibility index (Phi) is 5.01. The van der Waals surface area contributed by atoms with Crippen LogP contribution in [-0.4, -0.2) is 0 Å². The predicted molar refractivity (Wildman–Crippen MR) is 64.6 cm³/mol. The van der Waals surface area contributed by atoms with Crippen LogP contribution >= 0.6 is 31.9 Å². The first-order chi connectivity index (χ1) is 6.83. The predicted octanol–water partition coefficient (Wildman–Crippen LogP) is 4.29. The van der Waals surface area contributed by atoms with Gasteiger partial charge in [0, 0.05) is 15.6 Å². The van der Waals surface area contributed by atoms with Crippen molar-refractivity contribution < 1.29 is 0 Å². The fraction of sp³-hybridized carbons (Fsp3) is 0.333. The lowest BCUT2D eigenvalue weighted by Crippen LogP contribution is -1.95. The van der Waals surface area contributed by atoms with Gasteiger partial charge in [-0.2, -0.15) is 0 Å². The molecule has 0 saturated heterocycles. The summed E-state index contributed by atoms with van der Waals surface area (Å²) in [6, 6.07) is 6.07. The number of halogens is 2. The smallest absolute Gasteiger partial charge is 0.0516 e. The van der Waals surface area contributed by atoms with Crippen LogP contribution in [0.15, 0.2) is 23.3 Å². The van der Waals surface area contributed by atoms with Crippen LogP contribution in [-0.2, 0) is 17.2 Å². The van der Waals surface area contributed by atoms with Crippen molar-refractivity contribution in [2.45, 2.75) is 17.2 Å². The van der Waals surface area contributed by atoms with Crippen molar-refractivity contribution >= 4 is 31.9 Å². The first kappa shape index (κ1) is 11.6. The molecule has 0 aliphatic carbocycles. The number of alkyl halides is 2. The van der Waals surface area contributed by atoms with Crippen molar-refractivity contribution in [3.63, 3.8) is 0 Å². The van der Waals surface area contributed by atoms with Gasteiger partial charge in [0.1, 0.15) is 0 Å². The molecule has 0 N–H and O–H groups in total. The van der Waals surface area contributed by atoms with Crippen molar-refractivity contribution in [1.29, 1.82) is 0 Å². The van der Waals surface area contributed by atoms with Crippen LogP contribution in [0, 0.1) is 0 Å². The van der Waals surface area contributed by atoms with E-state index in [0.29, 0.717) is 6.54 Å². The van der Waals surface area contributed by atoms with Gasteiger partial charge in [0.2, 0.25) is 0 Å². The van der Waals surface area contributed by atoms with Crippen molar-refractivity contribution in [1.82, 2.24) is 0 Å². The molecule has 1 aromatic carbocycles. The Morgan fingerprint density at radius 2 is 1.79 bits per heavy atom. The minimum absolute atomic E-state index is 0.416. The third kappa shape index (κ3) is 2.74. The lowest BCUT2D eigenvalue weighted by atomic mass is 10.0. The van der Waals surface area contributed by atoms with E-state index in [2.05, 4.69) is 41.9 Å². The molecule has 5 heteroatoms. The molecule has 14 heavy (non-hydrogen) atoms. The van der Waals surface area contributed by atoms with Crippen LogP contribution < -0.4 is 0 Å². The summed E-state index contributed by atoms with van der Waals surface area (Å²) >= 11 is 6.83. The molecule has 0 heterocycles. The maximum Gasteiger partial charge on any atom is 0.0516 e. The number of hydrogen-bond acceptors (Lipinski definition) is 1. The standard InChI is InChI=1S/C9H9Br2N3/c10-4-7-2-1-3-8(5-11)9(7)6-13-14-12/h1-3H,4-6H2. The monoisotopic (exact) mass is 317 g/mol. The summed E-state index contributed by atoms with van der Waals surface area (Å²) in [7, 11) is 0. The Morgan fingerprint density at radius 1 is 1.21 bits per heavy atom. The fourth-order valence-electron chi connectivity index (χ4n) is 1.24. The van der Waals surface area contributed by atoms with Crippen LogP contribution in [0.1, 0.15) is 16.7 Å². The number of nitrogens with zero attached hydrogens (tertiary/aromatic N) is 3. The zero-order valence-corrected chi connectivity index (χ0v) is 10.6. The zero-order chi connectivity index (χ0) is 10.4. The van der Waals surface area contributed by atoms with Crippen molar-refractivity contribution in [3.8, 4) is 0 Å². The Balaban J connectivity index is 3.11. The molecular formula is C9H9Br2N3. The second-order valence-corrected chi connectivity index (χ2v) is 3.83. The van der Waals surface area contributed by atoms with E-state index in [-0.39, 0.29) is 0 Å². The molecule has 0 aromatic heterocycles. The van der Waals surface area contributed by atoms with Crippen LogP contribution in [0.25, 0.3) is 10.4 Å². The summed E-state index contributed by atoms with van der Waals surface area (Å²) in [5.74, 6) is 0. The summed E-state index contributed by atoms with van der Waals surface area (Å²) < 4.78 is 0. The van der Waals surface area contributed by atoms with Gasteiger partial charge in [-0.25, -0.2) is 0 Å². The molecule has 0 aliphatic rings. The molecule has 1 aromatic rings. The van der Waals surface area contributed by atoms with Crippen LogP contribution in [0.3, 0.4) is 0 Å². The minimum atomic E-state index is 0.416. The van der Waals surface area contributed by atoms with Gasteiger partial charge in [-0.1, -0.05) is 55.2 Å². The molecule has 1 rings (SSSR count). The Bertz CT molecular complexity index is 337. The lowest BCUT2D eigenvalue weighted by Gasteiger charge is -2.08. The number of hydrogen-bond donors (Lipinski definition) is 0. The van der Waals surface area contributed by atoms with Crippen LogP contribution in [0.2, 0.25) is 0 Å². The quantitative estimate of drug-likeness (QED) is 0.344. The Labute approximate surface area is 99.4 Å². The van der Waals surface area contributed by atoms with E-state index in [4.69, 9.17) is 5.53 Å². The molecule has 3 nitrogen and oxygen atoms in total. The average Bonchev–Trinajstić information content (AvgIpc) is 2.25. The van der Waals surface area contributed by atoms with Crippen molar-refractivity contribution in [2.24, 2.45) is 5.11 Å². The average molecular weight is 319 g/mol. The van der Waals surface area contributed by atoms with Gasteiger partial charge < -0.3 is 0 Å². The third-order valence-corrected chi connectivity index (χ3v) is 3.16. The highest BCUT2D eigenvalue weighted by molar-refractivity contribution is 9.08. The van der Waals surface area contributed by atoms with E-state index in [1.54, 1.807) is 0 Å². The summed E-state index contributed by atoms with van der Waals surface area (Å²) in [4.78, 5) is 2.78. The number of azide groups is 1. The number of benzene rings is 1. The highest BCUT2D eigenvalue weighted by atomic mass is 79.9. The van der Waals surface area contributed by atoms with E-state index in [0.717, 1.165) is 16.2 Å². The summed E-state index contributed by atoms with van der Waals surface area (Å²) in [6.07, 6.45) is 0. The summed E-state index contributed by atoms with van der Waals surface area (Å²) in [6.45, 7) is 0.416. The molecule has 0 atom stereocenters. The maximum atomic E-state index is 8.29. The normalized spacial score (nSPS) is 9.57. The van der Waals surface area contributed by atoms with Crippen LogP contribution in [0.5, 0.6) is 0 Å². The van der Waals surface area contributed by atoms with E-state index in [1.165, 1.54) is 11.1 Å². The van der Waals surface area contributed by atoms with Crippen molar-refractivity contribution in [2.75, 3.05) is 0 Å². The molecule has 0 radical (unpaired) electrons. The lowest BCUT2D eigenvalue weighted by molar-refractivity contribution is 1.00. The molecule has 0 fully saturated rings. The summed E-state index contributed by atoms with van der Waals surface area (Å²) in [5, 5.41) is 5.16. The zero-order valence-electron chi connectivity index (χ0n) is 7.45. The highest BCUT2D eigenvalue weighted by Crippen LogP contribution is 2.20. The van der Waals surface area contributed by atoms with Crippen LogP contribution in [0.4, 0.5) is 0 Å². The van der Waals surface area contributed by atoms with Gasteiger partial charge >= 0.3 is 0 Å². The highest BCUT2D eigenvalue weighted by Gasteiger charge is 2.05. The first-order valence-electron chi connectivity index (χ1n) is 4.06.